The van der Waals surface area contributed by atoms with Crippen LogP contribution in [0.2, 0.25) is 0 Å². The summed E-state index contributed by atoms with van der Waals surface area (Å²) >= 11 is 0. The van der Waals surface area contributed by atoms with Crippen molar-refractivity contribution in [1.82, 2.24) is 20.4 Å². The highest BCUT2D eigenvalue weighted by Gasteiger charge is 2.53. The topological polar surface area (TPSA) is 88.5 Å². The Kier molecular flexibility index (Phi) is 5.72. The van der Waals surface area contributed by atoms with Crippen LogP contribution in [0, 0.1) is 35.0 Å². The molecule has 7 unspecified atom stereocenters. The molecule has 0 aromatic rings. The minimum Gasteiger partial charge on any atom is -0.342 e. The highest BCUT2D eigenvalue weighted by molar-refractivity contribution is 5.79. The summed E-state index contributed by atoms with van der Waals surface area (Å²) in [5, 5.41) is 16.6. The van der Waals surface area contributed by atoms with Gasteiger partial charge in [0.15, 0.2) is 0 Å². The van der Waals surface area contributed by atoms with Gasteiger partial charge in [0.1, 0.15) is 6.04 Å². The lowest BCUT2D eigenvalue weighted by atomic mass is 9.52. The second-order valence-corrected chi connectivity index (χ2v) is 10.3. The van der Waals surface area contributed by atoms with E-state index in [1.54, 1.807) is 4.90 Å². The summed E-state index contributed by atoms with van der Waals surface area (Å²) in [4.78, 5) is 29.1. The third kappa shape index (κ3) is 3.73. The van der Waals surface area contributed by atoms with E-state index in [2.05, 4.69) is 16.7 Å². The van der Waals surface area contributed by atoms with Gasteiger partial charge in [0.25, 0.3) is 0 Å². The molecule has 164 valence electrons. The van der Waals surface area contributed by atoms with Gasteiger partial charge in [0, 0.05) is 31.7 Å². The highest BCUT2D eigenvalue weighted by Crippen LogP contribution is 2.53. The molecule has 2 amide bonds. The van der Waals surface area contributed by atoms with Gasteiger partial charge in [-0.3, -0.25) is 9.59 Å². The van der Waals surface area contributed by atoms with E-state index in [4.69, 9.17) is 0 Å². The molecule has 6 rings (SSSR count). The molecule has 7 nitrogen and oxygen atoms in total. The molecular formula is C23H35N5O2. The number of nitrogens with one attached hydrogen (secondary N) is 2. The van der Waals surface area contributed by atoms with Crippen LogP contribution < -0.4 is 10.6 Å². The van der Waals surface area contributed by atoms with E-state index in [-0.39, 0.29) is 17.9 Å². The summed E-state index contributed by atoms with van der Waals surface area (Å²) in [6, 6.07) is 2.76. The average molecular weight is 414 g/mol. The SMILES string of the molecule is N#CC1CCCN1C(=O)CNC1C2CC3CC(C2)C(NCC(=O)N2CCCC2)C1C3. The van der Waals surface area contributed by atoms with E-state index in [1.807, 2.05) is 4.90 Å². The maximum atomic E-state index is 12.7. The van der Waals surface area contributed by atoms with Crippen molar-refractivity contribution in [1.29, 1.82) is 5.26 Å². The monoisotopic (exact) mass is 413 g/mol. The van der Waals surface area contributed by atoms with E-state index < -0.39 is 0 Å². The summed E-state index contributed by atoms with van der Waals surface area (Å²) in [7, 11) is 0. The summed E-state index contributed by atoms with van der Waals surface area (Å²) in [6.45, 7) is 3.33. The largest absolute Gasteiger partial charge is 0.342 e. The number of rotatable bonds is 6. The molecule has 0 radical (unpaired) electrons. The first kappa shape index (κ1) is 20.3. The van der Waals surface area contributed by atoms with Gasteiger partial charge in [-0.25, -0.2) is 0 Å². The molecule has 2 saturated heterocycles. The maximum Gasteiger partial charge on any atom is 0.237 e. The van der Waals surface area contributed by atoms with Crippen molar-refractivity contribution in [3.8, 4) is 6.07 Å². The van der Waals surface area contributed by atoms with E-state index >= 15 is 0 Å². The Morgan fingerprint density at radius 1 is 0.867 bits per heavy atom. The standard InChI is InChI=1S/C23H35N5O2/c24-12-18-4-3-7-28(18)21(30)14-26-23-17-9-15-8-16(11-17)22(19(23)10-15)25-13-20(29)27-5-1-2-6-27/h15-19,22-23,25-26H,1-11,13-14H2. The van der Waals surface area contributed by atoms with Gasteiger partial charge in [0.2, 0.25) is 11.8 Å². The van der Waals surface area contributed by atoms with Crippen molar-refractivity contribution in [2.24, 2.45) is 23.7 Å². The minimum absolute atomic E-state index is 0.0709. The molecule has 30 heavy (non-hydrogen) atoms. The van der Waals surface area contributed by atoms with Gasteiger partial charge < -0.3 is 20.4 Å². The molecule has 4 bridgehead atoms. The van der Waals surface area contributed by atoms with Gasteiger partial charge in [-0.2, -0.15) is 5.26 Å². The van der Waals surface area contributed by atoms with E-state index in [0.29, 0.717) is 49.5 Å². The molecule has 2 heterocycles. The number of nitrogens with zero attached hydrogens (tertiary/aromatic N) is 3. The predicted octanol–water partition coefficient (Wildman–Crippen LogP) is 1.11. The van der Waals surface area contributed by atoms with Crippen molar-refractivity contribution in [2.45, 2.75) is 69.5 Å². The molecule has 6 fully saturated rings. The minimum atomic E-state index is -0.246. The van der Waals surface area contributed by atoms with Crippen molar-refractivity contribution < 1.29 is 9.59 Å². The van der Waals surface area contributed by atoms with Crippen LogP contribution in [0.15, 0.2) is 0 Å². The van der Waals surface area contributed by atoms with Crippen LogP contribution in [0.3, 0.4) is 0 Å². The predicted molar refractivity (Wildman–Crippen MR) is 112 cm³/mol. The smallest absolute Gasteiger partial charge is 0.237 e. The molecule has 0 aromatic heterocycles. The van der Waals surface area contributed by atoms with E-state index in [1.165, 1.54) is 25.7 Å². The molecule has 6 aliphatic rings. The Bertz CT molecular complexity index is 715. The fourth-order valence-electron chi connectivity index (χ4n) is 7.34. The second kappa shape index (κ2) is 8.47. The molecule has 4 aliphatic carbocycles. The van der Waals surface area contributed by atoms with E-state index in [9.17, 15) is 14.9 Å². The van der Waals surface area contributed by atoms with Crippen molar-refractivity contribution >= 4 is 11.8 Å². The number of likely N-dealkylation sites (tertiary alicyclic amines) is 2. The molecule has 7 atom stereocenters. The Balaban J connectivity index is 1.19. The summed E-state index contributed by atoms with van der Waals surface area (Å²) in [6.07, 6.45) is 8.99. The molecule has 0 aromatic carbocycles. The molecule has 7 heteroatoms. The third-order valence-electron chi connectivity index (χ3n) is 8.58. The fourth-order valence-corrected chi connectivity index (χ4v) is 7.34. The van der Waals surface area contributed by atoms with Gasteiger partial charge in [0.05, 0.1) is 19.2 Å². The zero-order valence-corrected chi connectivity index (χ0v) is 17.9. The lowest BCUT2D eigenvalue weighted by Crippen LogP contribution is -2.65. The van der Waals surface area contributed by atoms with Gasteiger partial charge in [-0.15, -0.1) is 0 Å². The van der Waals surface area contributed by atoms with Gasteiger partial charge in [-0.05, 0) is 75.0 Å². The van der Waals surface area contributed by atoms with Crippen LogP contribution in [0.5, 0.6) is 0 Å². The molecule has 0 spiro atoms. The van der Waals surface area contributed by atoms with Crippen molar-refractivity contribution in [2.75, 3.05) is 32.7 Å². The van der Waals surface area contributed by atoms with Gasteiger partial charge in [-0.1, -0.05) is 0 Å². The number of nitriles is 1. The third-order valence-corrected chi connectivity index (χ3v) is 8.58. The number of carbonyl (C=O) groups is 2. The summed E-state index contributed by atoms with van der Waals surface area (Å²) in [5.41, 5.74) is 0. The Morgan fingerprint density at radius 3 is 2.20 bits per heavy atom. The molecule has 2 N–H and O–H groups in total. The van der Waals surface area contributed by atoms with E-state index in [0.717, 1.165) is 44.7 Å². The zero-order chi connectivity index (χ0) is 20.7. The van der Waals surface area contributed by atoms with Crippen LogP contribution in [-0.4, -0.2) is 72.5 Å². The van der Waals surface area contributed by atoms with Crippen molar-refractivity contribution in [3.63, 3.8) is 0 Å². The first-order chi connectivity index (χ1) is 14.6. The van der Waals surface area contributed by atoms with Crippen LogP contribution in [0.4, 0.5) is 0 Å². The van der Waals surface area contributed by atoms with Crippen LogP contribution >= 0.6 is 0 Å². The van der Waals surface area contributed by atoms with Crippen LogP contribution in [0.1, 0.15) is 51.4 Å². The average Bonchev–Trinajstić information content (AvgIpc) is 3.44. The quantitative estimate of drug-likeness (QED) is 0.681. The molecule has 2 aliphatic heterocycles. The van der Waals surface area contributed by atoms with Gasteiger partial charge >= 0.3 is 0 Å². The Morgan fingerprint density at radius 2 is 1.53 bits per heavy atom. The van der Waals surface area contributed by atoms with Crippen molar-refractivity contribution in [3.05, 3.63) is 0 Å². The Labute approximate surface area is 179 Å². The lowest BCUT2D eigenvalue weighted by molar-refractivity contribution is -0.131. The second-order valence-electron chi connectivity index (χ2n) is 10.3. The molecule has 4 saturated carbocycles. The zero-order valence-electron chi connectivity index (χ0n) is 17.9. The van der Waals surface area contributed by atoms with Crippen LogP contribution in [-0.2, 0) is 9.59 Å². The maximum absolute atomic E-state index is 12.7. The highest BCUT2D eigenvalue weighted by atomic mass is 16.2. The number of hydrogen-bond donors (Lipinski definition) is 2. The first-order valence-corrected chi connectivity index (χ1v) is 12.1. The fraction of sp³-hybridized carbons (Fsp3) is 0.870. The number of carbonyl (C=O) groups excluding carboxylic acids is 2. The normalized spacial score (nSPS) is 39.5. The first-order valence-electron chi connectivity index (χ1n) is 12.1. The number of hydrogen-bond acceptors (Lipinski definition) is 5. The molecular weight excluding hydrogens is 378 g/mol. The summed E-state index contributed by atoms with van der Waals surface area (Å²) < 4.78 is 0. The Hall–Kier alpha value is -1.65. The summed E-state index contributed by atoms with van der Waals surface area (Å²) in [5.74, 6) is 2.97. The number of amides is 2. The lowest BCUT2D eigenvalue weighted by Gasteiger charge is -2.58. The van der Waals surface area contributed by atoms with Crippen LogP contribution in [0.25, 0.3) is 0 Å².